The number of hydrogen-bond donors (Lipinski definition) is 1. The fourth-order valence-electron chi connectivity index (χ4n) is 2.55. The van der Waals surface area contributed by atoms with Crippen molar-refractivity contribution in [3.05, 3.63) is 54.1 Å². The second kappa shape index (κ2) is 8.23. The molecule has 1 atom stereocenters. The van der Waals surface area contributed by atoms with Crippen LogP contribution in [0.4, 0.5) is 11.4 Å². The van der Waals surface area contributed by atoms with Gasteiger partial charge in [0.2, 0.25) is 15.9 Å². The molecule has 2 rings (SSSR count). The van der Waals surface area contributed by atoms with E-state index in [1.165, 1.54) is 0 Å². The molecule has 0 aliphatic rings. The number of nitrogens with zero attached hydrogens (tertiary/aromatic N) is 1. The summed E-state index contributed by atoms with van der Waals surface area (Å²) in [6.07, 6.45) is 1.08. The molecule has 0 heterocycles. The number of ether oxygens (including phenoxy) is 1. The minimum Gasteiger partial charge on any atom is -0.494 e. The highest BCUT2D eigenvalue weighted by atomic mass is 32.2. The summed E-state index contributed by atoms with van der Waals surface area (Å²) >= 11 is 0. The molecule has 7 heteroatoms. The Kier molecular flexibility index (Phi) is 6.26. The van der Waals surface area contributed by atoms with Crippen LogP contribution in [0.5, 0.6) is 5.75 Å². The molecular formula is C19H24N2O4S. The number of nitrogens with one attached hydrogen (secondary N) is 1. The van der Waals surface area contributed by atoms with Gasteiger partial charge in [0.25, 0.3) is 0 Å². The van der Waals surface area contributed by atoms with Gasteiger partial charge in [-0.2, -0.15) is 0 Å². The van der Waals surface area contributed by atoms with Crippen molar-refractivity contribution in [3.8, 4) is 5.75 Å². The van der Waals surface area contributed by atoms with Crippen molar-refractivity contribution in [2.24, 2.45) is 0 Å². The smallest absolute Gasteiger partial charge is 0.247 e. The number of benzene rings is 2. The second-order valence-electron chi connectivity index (χ2n) is 6.02. The lowest BCUT2D eigenvalue weighted by Crippen LogP contribution is -2.45. The van der Waals surface area contributed by atoms with Crippen LogP contribution < -0.4 is 14.4 Å². The summed E-state index contributed by atoms with van der Waals surface area (Å²) < 4.78 is 31.1. The van der Waals surface area contributed by atoms with E-state index in [-0.39, 0.29) is 0 Å². The predicted molar refractivity (Wildman–Crippen MR) is 104 cm³/mol. The van der Waals surface area contributed by atoms with Crippen molar-refractivity contribution in [3.63, 3.8) is 0 Å². The number of carbonyl (C=O) groups is 1. The Balaban J connectivity index is 2.25. The average Bonchev–Trinajstić information content (AvgIpc) is 2.57. The van der Waals surface area contributed by atoms with Crippen molar-refractivity contribution in [2.45, 2.75) is 26.8 Å². The summed E-state index contributed by atoms with van der Waals surface area (Å²) in [6.45, 7) is 5.89. The number of amides is 1. The summed E-state index contributed by atoms with van der Waals surface area (Å²) in [6, 6.07) is 13.0. The lowest BCUT2D eigenvalue weighted by molar-refractivity contribution is -0.116. The third-order valence-corrected chi connectivity index (χ3v) is 5.05. The Morgan fingerprint density at radius 3 is 2.19 bits per heavy atom. The van der Waals surface area contributed by atoms with Crippen molar-refractivity contribution in [1.82, 2.24) is 0 Å². The zero-order valence-electron chi connectivity index (χ0n) is 15.4. The molecule has 1 amide bonds. The van der Waals surface area contributed by atoms with Crippen molar-refractivity contribution in [1.29, 1.82) is 0 Å². The molecule has 0 aliphatic carbocycles. The van der Waals surface area contributed by atoms with E-state index >= 15 is 0 Å². The molecule has 0 saturated carbocycles. The summed E-state index contributed by atoms with van der Waals surface area (Å²) in [4.78, 5) is 12.6. The van der Waals surface area contributed by atoms with Gasteiger partial charge in [-0.1, -0.05) is 17.7 Å². The minimum absolute atomic E-state index is 0.405. The van der Waals surface area contributed by atoms with Crippen LogP contribution in [0.15, 0.2) is 48.5 Å². The Morgan fingerprint density at radius 2 is 1.69 bits per heavy atom. The summed E-state index contributed by atoms with van der Waals surface area (Å²) in [5.74, 6) is 0.231. The van der Waals surface area contributed by atoms with E-state index in [9.17, 15) is 13.2 Å². The molecule has 6 nitrogen and oxygen atoms in total. The fraction of sp³-hybridized carbons (Fsp3) is 0.316. The number of rotatable bonds is 7. The number of hydrogen-bond acceptors (Lipinski definition) is 4. The fourth-order valence-corrected chi connectivity index (χ4v) is 3.72. The van der Waals surface area contributed by atoms with E-state index in [0.29, 0.717) is 23.7 Å². The molecule has 0 fully saturated rings. The van der Waals surface area contributed by atoms with E-state index in [1.54, 1.807) is 43.3 Å². The summed E-state index contributed by atoms with van der Waals surface area (Å²) in [5.41, 5.74) is 2.10. The zero-order valence-corrected chi connectivity index (χ0v) is 16.2. The molecule has 0 unspecified atom stereocenters. The van der Waals surface area contributed by atoms with E-state index < -0.39 is 22.0 Å². The molecule has 0 aromatic heterocycles. The van der Waals surface area contributed by atoms with Crippen LogP contribution in [0.25, 0.3) is 0 Å². The number of anilines is 2. The summed E-state index contributed by atoms with van der Waals surface area (Å²) in [5, 5.41) is 2.75. The highest BCUT2D eigenvalue weighted by Gasteiger charge is 2.29. The molecule has 0 aliphatic heterocycles. The van der Waals surface area contributed by atoms with Crippen LogP contribution in [0, 0.1) is 6.92 Å². The molecule has 1 N–H and O–H groups in total. The van der Waals surface area contributed by atoms with Crippen LogP contribution in [0.3, 0.4) is 0 Å². The lowest BCUT2D eigenvalue weighted by atomic mass is 10.2. The first-order valence-corrected chi connectivity index (χ1v) is 10.2. The largest absolute Gasteiger partial charge is 0.494 e. The standard InChI is InChI=1S/C19H24N2O4S/c1-5-25-18-12-10-17(11-13-18)21(26(4,23)24)15(3)19(22)20-16-8-6-14(2)7-9-16/h6-13,15H,5H2,1-4H3,(H,20,22)/t15-/m1/s1. The van der Waals surface area contributed by atoms with E-state index in [1.807, 2.05) is 26.0 Å². The third-order valence-electron chi connectivity index (χ3n) is 3.81. The van der Waals surface area contributed by atoms with Gasteiger partial charge < -0.3 is 10.1 Å². The monoisotopic (exact) mass is 376 g/mol. The first-order chi connectivity index (χ1) is 12.2. The van der Waals surface area contributed by atoms with E-state index in [4.69, 9.17) is 4.74 Å². The first-order valence-electron chi connectivity index (χ1n) is 8.32. The van der Waals surface area contributed by atoms with Crippen molar-refractivity contribution in [2.75, 3.05) is 22.5 Å². The predicted octanol–water partition coefficient (Wildman–Crippen LogP) is 3.19. The number of aryl methyl sites for hydroxylation is 1. The second-order valence-corrected chi connectivity index (χ2v) is 7.88. The van der Waals surface area contributed by atoms with Crippen LogP contribution in [-0.4, -0.2) is 33.2 Å². The lowest BCUT2D eigenvalue weighted by Gasteiger charge is -2.28. The third kappa shape index (κ3) is 4.98. The van der Waals surface area contributed by atoms with E-state index in [0.717, 1.165) is 16.1 Å². The SMILES string of the molecule is CCOc1ccc(N([C@H](C)C(=O)Nc2ccc(C)cc2)S(C)(=O)=O)cc1. The van der Waals surface area contributed by atoms with Gasteiger partial charge in [0.05, 0.1) is 18.6 Å². The van der Waals surface area contributed by atoms with Crippen LogP contribution in [-0.2, 0) is 14.8 Å². The molecule has 0 spiro atoms. The molecule has 2 aromatic rings. The van der Waals surface area contributed by atoms with Crippen molar-refractivity contribution < 1.29 is 17.9 Å². The molecule has 2 aromatic carbocycles. The molecule has 26 heavy (non-hydrogen) atoms. The van der Waals surface area contributed by atoms with Crippen LogP contribution in [0.2, 0.25) is 0 Å². The van der Waals surface area contributed by atoms with Gasteiger partial charge in [-0.15, -0.1) is 0 Å². The van der Waals surface area contributed by atoms with Gasteiger partial charge in [0, 0.05) is 5.69 Å². The molecule has 0 bridgehead atoms. The molecule has 0 saturated heterocycles. The molecule has 0 radical (unpaired) electrons. The van der Waals surface area contributed by atoms with Gasteiger partial charge in [-0.3, -0.25) is 9.10 Å². The highest BCUT2D eigenvalue weighted by molar-refractivity contribution is 7.92. The molecular weight excluding hydrogens is 352 g/mol. The van der Waals surface area contributed by atoms with Gasteiger partial charge in [-0.25, -0.2) is 8.42 Å². The average molecular weight is 376 g/mol. The van der Waals surface area contributed by atoms with Crippen molar-refractivity contribution >= 4 is 27.3 Å². The Morgan fingerprint density at radius 1 is 1.12 bits per heavy atom. The zero-order chi connectivity index (χ0) is 19.3. The van der Waals surface area contributed by atoms with Crippen LogP contribution >= 0.6 is 0 Å². The number of sulfonamides is 1. The highest BCUT2D eigenvalue weighted by Crippen LogP contribution is 2.24. The topological polar surface area (TPSA) is 75.7 Å². The van der Waals surface area contributed by atoms with Gasteiger partial charge in [0.15, 0.2) is 0 Å². The normalized spacial score (nSPS) is 12.3. The Hall–Kier alpha value is -2.54. The van der Waals surface area contributed by atoms with Crippen LogP contribution in [0.1, 0.15) is 19.4 Å². The quantitative estimate of drug-likeness (QED) is 0.805. The number of carbonyl (C=O) groups excluding carboxylic acids is 1. The maximum absolute atomic E-state index is 12.6. The minimum atomic E-state index is -3.65. The maximum Gasteiger partial charge on any atom is 0.247 e. The van der Waals surface area contributed by atoms with E-state index in [2.05, 4.69) is 5.32 Å². The maximum atomic E-state index is 12.6. The van der Waals surface area contributed by atoms with Gasteiger partial charge in [-0.05, 0) is 57.2 Å². The van der Waals surface area contributed by atoms with Gasteiger partial charge in [0.1, 0.15) is 11.8 Å². The Bertz CT molecular complexity index is 846. The first kappa shape index (κ1) is 19.8. The van der Waals surface area contributed by atoms with Gasteiger partial charge >= 0.3 is 0 Å². The molecule has 140 valence electrons. The summed E-state index contributed by atoms with van der Waals surface area (Å²) in [7, 11) is -3.65. The Labute approximate surface area is 154 Å².